The number of aryl methyl sites for hydroxylation is 1. The Balaban J connectivity index is 1.89. The van der Waals surface area contributed by atoms with Crippen LogP contribution < -0.4 is 10.2 Å². The van der Waals surface area contributed by atoms with Crippen LogP contribution in [-0.4, -0.2) is 66.0 Å². The number of nitrogens with zero attached hydrogens (tertiary/aromatic N) is 4. The van der Waals surface area contributed by atoms with Crippen molar-refractivity contribution in [2.75, 3.05) is 44.4 Å². The van der Waals surface area contributed by atoms with Gasteiger partial charge < -0.3 is 10.2 Å². The highest BCUT2D eigenvalue weighted by Crippen LogP contribution is 2.50. The highest BCUT2D eigenvalue weighted by atomic mass is 32.2. The Kier molecular flexibility index (Phi) is 7.92. The van der Waals surface area contributed by atoms with E-state index in [4.69, 9.17) is 5.10 Å². The Labute approximate surface area is 221 Å². The fourth-order valence-electron chi connectivity index (χ4n) is 4.27. The number of anilines is 1. The fraction of sp³-hybridized carbons (Fsp3) is 0.444. The number of thiophene rings is 1. The summed E-state index contributed by atoms with van der Waals surface area (Å²) < 4.78 is 1.94. The van der Waals surface area contributed by atoms with Crippen molar-refractivity contribution in [1.82, 2.24) is 20.0 Å². The standard InChI is InChI=1S/C27H35N5O2S2/c1-18-12-15-35-24(18)25-22-23(19-10-8-7-9-11-19)29-32(27(2,3)4)26(22)31(21(34)17-36-25)16-20(33)28-13-14-30(5)6/h7-12,15,25H,13-14,16-17H2,1-6H3,(H,28,33). The summed E-state index contributed by atoms with van der Waals surface area (Å²) in [5, 5.41) is 10.1. The maximum absolute atomic E-state index is 13.6. The van der Waals surface area contributed by atoms with Gasteiger partial charge in [-0.1, -0.05) is 30.3 Å². The van der Waals surface area contributed by atoms with Gasteiger partial charge in [0.1, 0.15) is 12.4 Å². The van der Waals surface area contributed by atoms with E-state index in [1.807, 2.05) is 41.9 Å². The number of nitrogens with one attached hydrogen (secondary N) is 1. The molecule has 4 rings (SSSR count). The van der Waals surface area contributed by atoms with Gasteiger partial charge in [-0.05, 0) is 58.8 Å². The summed E-state index contributed by atoms with van der Waals surface area (Å²) in [5.74, 6) is 0.762. The van der Waals surface area contributed by atoms with Crippen LogP contribution in [0.5, 0.6) is 0 Å². The number of fused-ring (bicyclic) bond motifs is 1. The molecule has 3 heterocycles. The van der Waals surface area contributed by atoms with Crippen molar-refractivity contribution in [3.05, 3.63) is 57.8 Å². The van der Waals surface area contributed by atoms with Gasteiger partial charge >= 0.3 is 0 Å². The number of likely N-dealkylation sites (N-methyl/N-ethyl adjacent to an activating group) is 1. The van der Waals surface area contributed by atoms with Gasteiger partial charge in [-0.2, -0.15) is 5.10 Å². The fourth-order valence-corrected chi connectivity index (χ4v) is 6.75. The number of amides is 2. The van der Waals surface area contributed by atoms with Gasteiger partial charge in [-0.3, -0.25) is 14.5 Å². The zero-order valence-corrected chi connectivity index (χ0v) is 23.5. The van der Waals surface area contributed by atoms with E-state index >= 15 is 0 Å². The van der Waals surface area contributed by atoms with E-state index in [1.54, 1.807) is 28.0 Å². The molecule has 1 aliphatic heterocycles. The quantitative estimate of drug-likeness (QED) is 0.491. The number of benzene rings is 1. The van der Waals surface area contributed by atoms with E-state index in [1.165, 1.54) is 10.4 Å². The molecule has 0 bridgehead atoms. The Bertz CT molecular complexity index is 1230. The van der Waals surface area contributed by atoms with Gasteiger partial charge in [0.05, 0.1) is 22.2 Å². The molecule has 3 aromatic rings. The third kappa shape index (κ3) is 5.53. The van der Waals surface area contributed by atoms with Gasteiger partial charge in [0, 0.05) is 29.1 Å². The summed E-state index contributed by atoms with van der Waals surface area (Å²) in [5.41, 5.74) is 3.66. The average molecular weight is 526 g/mol. The molecule has 36 heavy (non-hydrogen) atoms. The second-order valence-corrected chi connectivity index (χ2v) is 12.4. The van der Waals surface area contributed by atoms with Crippen molar-refractivity contribution in [1.29, 1.82) is 0 Å². The zero-order valence-electron chi connectivity index (χ0n) is 21.9. The van der Waals surface area contributed by atoms with E-state index in [-0.39, 0.29) is 23.6 Å². The molecule has 1 aromatic carbocycles. The molecular formula is C27H35N5O2S2. The molecule has 0 radical (unpaired) electrons. The predicted molar refractivity (Wildman–Crippen MR) is 150 cm³/mol. The third-order valence-corrected chi connectivity index (χ3v) is 8.55. The molecule has 1 aliphatic rings. The van der Waals surface area contributed by atoms with Crippen molar-refractivity contribution < 1.29 is 9.59 Å². The van der Waals surface area contributed by atoms with Crippen LogP contribution in [0.25, 0.3) is 11.3 Å². The first-order chi connectivity index (χ1) is 17.1. The summed E-state index contributed by atoms with van der Waals surface area (Å²) in [7, 11) is 3.93. The minimum atomic E-state index is -0.402. The molecule has 0 saturated carbocycles. The zero-order chi connectivity index (χ0) is 26.0. The van der Waals surface area contributed by atoms with Crippen LogP contribution >= 0.6 is 23.1 Å². The largest absolute Gasteiger partial charge is 0.353 e. The van der Waals surface area contributed by atoms with E-state index in [9.17, 15) is 9.59 Å². The highest BCUT2D eigenvalue weighted by molar-refractivity contribution is 8.00. The molecule has 0 spiro atoms. The molecule has 2 aromatic heterocycles. The molecule has 0 fully saturated rings. The molecule has 1 atom stereocenters. The molecule has 0 saturated heterocycles. The van der Waals surface area contributed by atoms with E-state index in [0.29, 0.717) is 12.3 Å². The third-order valence-electron chi connectivity index (χ3n) is 6.09. The lowest BCUT2D eigenvalue weighted by molar-refractivity contribution is -0.123. The van der Waals surface area contributed by atoms with Crippen molar-refractivity contribution in [2.45, 2.75) is 38.5 Å². The molecule has 7 nitrogen and oxygen atoms in total. The Hall–Kier alpha value is -2.62. The van der Waals surface area contributed by atoms with Crippen LogP contribution in [-0.2, 0) is 15.1 Å². The molecule has 1 N–H and O–H groups in total. The minimum Gasteiger partial charge on any atom is -0.353 e. The topological polar surface area (TPSA) is 70.5 Å². The summed E-state index contributed by atoms with van der Waals surface area (Å²) >= 11 is 3.33. The first-order valence-corrected chi connectivity index (χ1v) is 14.1. The van der Waals surface area contributed by atoms with Crippen LogP contribution in [0, 0.1) is 6.92 Å². The van der Waals surface area contributed by atoms with Crippen LogP contribution in [0.2, 0.25) is 0 Å². The van der Waals surface area contributed by atoms with Crippen LogP contribution in [0.4, 0.5) is 5.82 Å². The SMILES string of the molecule is Cc1ccsc1C1SCC(=O)N(CC(=O)NCCN(C)C)c2c1c(-c1ccccc1)nn2C(C)(C)C. The van der Waals surface area contributed by atoms with Gasteiger partial charge in [0.2, 0.25) is 11.8 Å². The average Bonchev–Trinajstić information content (AvgIpc) is 3.39. The lowest BCUT2D eigenvalue weighted by atomic mass is 10.0. The number of carbonyl (C=O) groups excluding carboxylic acids is 2. The van der Waals surface area contributed by atoms with E-state index in [2.05, 4.69) is 56.6 Å². The van der Waals surface area contributed by atoms with Crippen LogP contribution in [0.3, 0.4) is 0 Å². The normalized spacial score (nSPS) is 16.2. The summed E-state index contributed by atoms with van der Waals surface area (Å²) in [6.07, 6.45) is 0. The number of hydrogen-bond acceptors (Lipinski definition) is 6. The molecule has 9 heteroatoms. The number of carbonyl (C=O) groups is 2. The molecule has 192 valence electrons. The number of rotatable bonds is 7. The van der Waals surface area contributed by atoms with Crippen LogP contribution in [0.15, 0.2) is 41.8 Å². The van der Waals surface area contributed by atoms with Gasteiger partial charge in [0.15, 0.2) is 0 Å². The maximum Gasteiger partial charge on any atom is 0.240 e. The number of aromatic nitrogens is 2. The predicted octanol–water partition coefficient (Wildman–Crippen LogP) is 4.52. The Morgan fingerprint density at radius 1 is 1.19 bits per heavy atom. The van der Waals surface area contributed by atoms with Crippen molar-refractivity contribution in [3.8, 4) is 11.3 Å². The van der Waals surface area contributed by atoms with Crippen molar-refractivity contribution in [2.24, 2.45) is 0 Å². The maximum atomic E-state index is 13.6. The number of thioether (sulfide) groups is 1. The van der Waals surface area contributed by atoms with E-state index < -0.39 is 5.54 Å². The molecule has 1 unspecified atom stereocenters. The van der Waals surface area contributed by atoms with Crippen LogP contribution in [0.1, 0.15) is 42.0 Å². The smallest absolute Gasteiger partial charge is 0.240 e. The summed E-state index contributed by atoms with van der Waals surface area (Å²) in [4.78, 5) is 31.5. The Morgan fingerprint density at radius 3 is 2.53 bits per heavy atom. The first-order valence-electron chi connectivity index (χ1n) is 12.1. The number of hydrogen-bond donors (Lipinski definition) is 1. The molecule has 0 aliphatic carbocycles. The van der Waals surface area contributed by atoms with Crippen molar-refractivity contribution >= 4 is 40.7 Å². The Morgan fingerprint density at radius 2 is 1.92 bits per heavy atom. The first kappa shape index (κ1) is 26.4. The monoisotopic (exact) mass is 525 g/mol. The lowest BCUT2D eigenvalue weighted by Crippen LogP contribution is -2.44. The summed E-state index contributed by atoms with van der Waals surface area (Å²) in [6, 6.07) is 12.3. The molecular weight excluding hydrogens is 490 g/mol. The second kappa shape index (κ2) is 10.8. The van der Waals surface area contributed by atoms with Gasteiger partial charge in [-0.15, -0.1) is 23.1 Å². The van der Waals surface area contributed by atoms with Crippen molar-refractivity contribution in [3.63, 3.8) is 0 Å². The molecule has 2 amide bonds. The summed E-state index contributed by atoms with van der Waals surface area (Å²) in [6.45, 7) is 9.59. The van der Waals surface area contributed by atoms with Gasteiger partial charge in [-0.25, -0.2) is 4.68 Å². The second-order valence-electron chi connectivity index (χ2n) is 10.3. The minimum absolute atomic E-state index is 0.0357. The van der Waals surface area contributed by atoms with Gasteiger partial charge in [0.25, 0.3) is 0 Å². The highest BCUT2D eigenvalue weighted by Gasteiger charge is 2.40. The lowest BCUT2D eigenvalue weighted by Gasteiger charge is -2.28. The van der Waals surface area contributed by atoms with E-state index in [0.717, 1.165) is 29.2 Å².